The summed E-state index contributed by atoms with van der Waals surface area (Å²) < 4.78 is 0. The van der Waals surface area contributed by atoms with E-state index >= 15 is 0 Å². The van der Waals surface area contributed by atoms with Crippen LogP contribution in [0.4, 0.5) is 5.69 Å². The summed E-state index contributed by atoms with van der Waals surface area (Å²) >= 11 is 0. The van der Waals surface area contributed by atoms with E-state index in [1.165, 1.54) is 18.7 Å². The zero-order chi connectivity index (χ0) is 14.7. The minimum atomic E-state index is -0.234. The minimum absolute atomic E-state index is 0.234. The average Bonchev–Trinajstić information content (AvgIpc) is 2.27. The van der Waals surface area contributed by atoms with E-state index in [1.807, 2.05) is 18.2 Å². The van der Waals surface area contributed by atoms with E-state index in [1.54, 1.807) is 0 Å². The highest BCUT2D eigenvalue weighted by Gasteiger charge is 2.24. The second-order valence-corrected chi connectivity index (χ2v) is 5.47. The largest absolute Gasteiger partial charge is 0.274 e. The summed E-state index contributed by atoms with van der Waals surface area (Å²) in [4.78, 5) is 25.0. The first-order chi connectivity index (χ1) is 8.77. The van der Waals surface area contributed by atoms with Crippen LogP contribution < -0.4 is 4.90 Å². The Morgan fingerprint density at radius 3 is 1.53 bits per heavy atom. The van der Waals surface area contributed by atoms with Gasteiger partial charge in [-0.1, -0.05) is 45.9 Å². The number of carbonyl (C=O) groups excluding carboxylic acids is 2. The van der Waals surface area contributed by atoms with Gasteiger partial charge in [0.15, 0.2) is 0 Å². The smallest absolute Gasteiger partial charge is 0.230 e. The van der Waals surface area contributed by atoms with Crippen molar-refractivity contribution in [1.82, 2.24) is 0 Å². The van der Waals surface area contributed by atoms with Crippen LogP contribution in [0.2, 0.25) is 0 Å². The van der Waals surface area contributed by atoms with E-state index in [-0.39, 0.29) is 23.7 Å². The van der Waals surface area contributed by atoms with Crippen LogP contribution in [0.5, 0.6) is 0 Å². The number of imide groups is 1. The molecule has 0 bridgehead atoms. The Hall–Kier alpha value is -1.64. The summed E-state index contributed by atoms with van der Waals surface area (Å²) in [5.74, 6) is 0.0507. The van der Waals surface area contributed by atoms with Gasteiger partial charge in [0.1, 0.15) is 0 Å². The number of carbonyl (C=O) groups is 2. The Bertz CT molecular complexity index is 449. The predicted molar refractivity (Wildman–Crippen MR) is 78.5 cm³/mol. The minimum Gasteiger partial charge on any atom is -0.274 e. The van der Waals surface area contributed by atoms with E-state index in [4.69, 9.17) is 0 Å². The van der Waals surface area contributed by atoms with Gasteiger partial charge in [0.25, 0.3) is 0 Å². The standard InChI is InChI=1S/C16H23NO2/c1-10(2)14-8-7-9-15(11(3)4)16(14)17(12(5)18)13(6)19/h7-11H,1-6H3. The first-order valence-electron chi connectivity index (χ1n) is 6.71. The number of anilines is 1. The van der Waals surface area contributed by atoms with Gasteiger partial charge in [-0.3, -0.25) is 14.5 Å². The first kappa shape index (κ1) is 15.4. The molecule has 0 aliphatic heterocycles. The summed E-state index contributed by atoms with van der Waals surface area (Å²) in [6, 6.07) is 5.97. The molecule has 3 heteroatoms. The molecule has 104 valence electrons. The Balaban J connectivity index is 3.60. The molecule has 0 saturated carbocycles. The maximum absolute atomic E-state index is 11.8. The van der Waals surface area contributed by atoms with Crippen LogP contribution in [0.15, 0.2) is 18.2 Å². The molecular formula is C16H23NO2. The number of amides is 2. The van der Waals surface area contributed by atoms with Crippen LogP contribution >= 0.6 is 0 Å². The molecule has 0 saturated heterocycles. The van der Waals surface area contributed by atoms with E-state index in [9.17, 15) is 9.59 Å². The van der Waals surface area contributed by atoms with Gasteiger partial charge < -0.3 is 0 Å². The van der Waals surface area contributed by atoms with Crippen molar-refractivity contribution in [3.63, 3.8) is 0 Å². The second kappa shape index (κ2) is 6.00. The van der Waals surface area contributed by atoms with Gasteiger partial charge in [-0.15, -0.1) is 0 Å². The van der Waals surface area contributed by atoms with Gasteiger partial charge in [-0.25, -0.2) is 0 Å². The molecule has 0 spiro atoms. The lowest BCUT2D eigenvalue weighted by atomic mass is 9.92. The maximum Gasteiger partial charge on any atom is 0.230 e. The third-order valence-corrected chi connectivity index (χ3v) is 3.20. The van der Waals surface area contributed by atoms with Gasteiger partial charge in [0.2, 0.25) is 11.8 Å². The highest BCUT2D eigenvalue weighted by Crippen LogP contribution is 2.35. The highest BCUT2D eigenvalue weighted by atomic mass is 16.2. The van der Waals surface area contributed by atoms with E-state index < -0.39 is 0 Å². The first-order valence-corrected chi connectivity index (χ1v) is 6.71. The molecule has 19 heavy (non-hydrogen) atoms. The van der Waals surface area contributed by atoms with Crippen molar-refractivity contribution < 1.29 is 9.59 Å². The Morgan fingerprint density at radius 2 is 1.26 bits per heavy atom. The molecule has 0 heterocycles. The normalized spacial score (nSPS) is 10.9. The third kappa shape index (κ3) is 3.22. The maximum atomic E-state index is 11.8. The summed E-state index contributed by atoms with van der Waals surface area (Å²) in [6.07, 6.45) is 0. The van der Waals surface area contributed by atoms with Crippen LogP contribution in [0.3, 0.4) is 0 Å². The van der Waals surface area contributed by atoms with Crippen molar-refractivity contribution >= 4 is 17.5 Å². The molecule has 3 nitrogen and oxygen atoms in total. The predicted octanol–water partition coefficient (Wildman–Crippen LogP) is 3.83. The molecule has 0 aliphatic carbocycles. The molecule has 0 unspecified atom stereocenters. The molecule has 1 aromatic carbocycles. The van der Waals surface area contributed by atoms with E-state index in [2.05, 4.69) is 27.7 Å². The molecule has 0 radical (unpaired) electrons. The van der Waals surface area contributed by atoms with Gasteiger partial charge >= 0.3 is 0 Å². The molecule has 0 fully saturated rings. The van der Waals surface area contributed by atoms with Crippen LogP contribution in [-0.2, 0) is 9.59 Å². The monoisotopic (exact) mass is 261 g/mol. The third-order valence-electron chi connectivity index (χ3n) is 3.20. The Morgan fingerprint density at radius 1 is 0.895 bits per heavy atom. The van der Waals surface area contributed by atoms with Crippen molar-refractivity contribution in [3.8, 4) is 0 Å². The lowest BCUT2D eigenvalue weighted by Crippen LogP contribution is -2.35. The van der Waals surface area contributed by atoms with Gasteiger partial charge in [-0.2, -0.15) is 0 Å². The van der Waals surface area contributed by atoms with Crippen LogP contribution in [0.25, 0.3) is 0 Å². The summed E-state index contributed by atoms with van der Waals surface area (Å²) in [7, 11) is 0. The number of para-hydroxylation sites is 1. The molecule has 1 aromatic rings. The lowest BCUT2D eigenvalue weighted by Gasteiger charge is -2.27. The zero-order valence-corrected chi connectivity index (χ0v) is 12.7. The van der Waals surface area contributed by atoms with Gasteiger partial charge in [-0.05, 0) is 23.0 Å². The van der Waals surface area contributed by atoms with Gasteiger partial charge in [0, 0.05) is 13.8 Å². The van der Waals surface area contributed by atoms with Crippen molar-refractivity contribution in [2.75, 3.05) is 4.90 Å². The number of nitrogens with zero attached hydrogens (tertiary/aromatic N) is 1. The van der Waals surface area contributed by atoms with E-state index in [0.717, 1.165) is 16.8 Å². The van der Waals surface area contributed by atoms with Crippen molar-refractivity contribution in [2.24, 2.45) is 0 Å². The topological polar surface area (TPSA) is 37.4 Å². The second-order valence-electron chi connectivity index (χ2n) is 5.47. The quantitative estimate of drug-likeness (QED) is 0.829. The SMILES string of the molecule is CC(=O)N(C(C)=O)c1c(C(C)C)cccc1C(C)C. The van der Waals surface area contributed by atoms with Crippen LogP contribution in [-0.4, -0.2) is 11.8 Å². The molecule has 0 atom stereocenters. The molecule has 1 rings (SSSR count). The summed E-state index contributed by atoms with van der Waals surface area (Å²) in [5, 5.41) is 0. The molecule has 0 aromatic heterocycles. The summed E-state index contributed by atoms with van der Waals surface area (Å²) in [6.45, 7) is 11.1. The number of hydrogen-bond acceptors (Lipinski definition) is 2. The fourth-order valence-electron chi connectivity index (χ4n) is 2.31. The number of rotatable bonds is 3. The van der Waals surface area contributed by atoms with Gasteiger partial charge in [0.05, 0.1) is 5.69 Å². The van der Waals surface area contributed by atoms with Crippen molar-refractivity contribution in [2.45, 2.75) is 53.4 Å². The fourth-order valence-corrected chi connectivity index (χ4v) is 2.31. The zero-order valence-electron chi connectivity index (χ0n) is 12.7. The van der Waals surface area contributed by atoms with E-state index in [0.29, 0.717) is 0 Å². The highest BCUT2D eigenvalue weighted by molar-refractivity contribution is 6.14. The lowest BCUT2D eigenvalue weighted by molar-refractivity contribution is -0.124. The summed E-state index contributed by atoms with van der Waals surface area (Å²) in [5.41, 5.74) is 2.85. The molecule has 0 aliphatic rings. The molecular weight excluding hydrogens is 238 g/mol. The fraction of sp³-hybridized carbons (Fsp3) is 0.500. The Labute approximate surface area is 115 Å². The molecule has 2 amide bonds. The van der Waals surface area contributed by atoms with Crippen LogP contribution in [0.1, 0.15) is 64.5 Å². The number of benzene rings is 1. The van der Waals surface area contributed by atoms with Crippen molar-refractivity contribution in [1.29, 1.82) is 0 Å². The average molecular weight is 261 g/mol. The molecule has 0 N–H and O–H groups in total. The Kier molecular flexibility index (Phi) is 4.87. The number of hydrogen-bond donors (Lipinski definition) is 0. The van der Waals surface area contributed by atoms with Crippen molar-refractivity contribution in [3.05, 3.63) is 29.3 Å². The van der Waals surface area contributed by atoms with Crippen LogP contribution in [0, 0.1) is 0 Å².